The summed E-state index contributed by atoms with van der Waals surface area (Å²) in [6, 6.07) is 14.4. The second-order valence-electron chi connectivity index (χ2n) is 3.20. The van der Waals surface area contributed by atoms with Crippen LogP contribution in [0.2, 0.25) is 5.02 Å². The van der Waals surface area contributed by atoms with E-state index in [0.29, 0.717) is 16.7 Å². The van der Waals surface area contributed by atoms with Crippen molar-refractivity contribution in [3.63, 3.8) is 0 Å². The largest absolute Gasteiger partial charge is 0.205 e. The highest BCUT2D eigenvalue weighted by atomic mass is 35.5. The minimum Gasteiger partial charge on any atom is -0.205 e. The predicted molar refractivity (Wildman–Crippen MR) is 60.4 cm³/mol. The highest BCUT2D eigenvalue weighted by Gasteiger charge is 2.06. The predicted octanol–water partition coefficient (Wildman–Crippen LogP) is 3.82. The molecule has 1 nitrogen and oxygen atoms in total. The highest BCUT2D eigenvalue weighted by Crippen LogP contribution is 2.26. The van der Waals surface area contributed by atoms with Gasteiger partial charge in [-0.05, 0) is 17.7 Å². The van der Waals surface area contributed by atoms with Crippen molar-refractivity contribution in [2.75, 3.05) is 0 Å². The first kappa shape index (κ1) is 10.7. The summed E-state index contributed by atoms with van der Waals surface area (Å²) in [5.74, 6) is -0.469. The maximum atomic E-state index is 13.0. The molecule has 0 fully saturated rings. The normalized spacial score (nSPS) is 9.81. The molecule has 3 heteroatoms. The van der Waals surface area contributed by atoms with Crippen molar-refractivity contribution < 1.29 is 4.39 Å². The first-order chi connectivity index (χ1) is 7.72. The maximum Gasteiger partial charge on any atom is 0.141 e. The van der Waals surface area contributed by atoms with E-state index in [2.05, 4.69) is 6.07 Å². The van der Waals surface area contributed by atoms with Crippen LogP contribution in [0.15, 0.2) is 36.4 Å². The molecule has 0 N–H and O–H groups in total. The molecule has 0 saturated heterocycles. The maximum absolute atomic E-state index is 13.0. The Morgan fingerprint density at radius 1 is 1.31 bits per heavy atom. The molecule has 1 radical (unpaired) electrons. The molecule has 2 aromatic carbocycles. The molecule has 0 saturated carbocycles. The summed E-state index contributed by atoms with van der Waals surface area (Å²) in [5.41, 5.74) is 1.83. The molecule has 0 spiro atoms. The number of benzene rings is 2. The van der Waals surface area contributed by atoms with Crippen LogP contribution in [0.1, 0.15) is 5.56 Å². The summed E-state index contributed by atoms with van der Waals surface area (Å²) in [6.07, 6.45) is 0. The fourth-order valence-electron chi connectivity index (χ4n) is 1.43. The monoisotopic (exact) mass is 230 g/mol. The summed E-state index contributed by atoms with van der Waals surface area (Å²) in [5, 5.41) is 8.96. The first-order valence-corrected chi connectivity index (χ1v) is 4.96. The Kier molecular flexibility index (Phi) is 2.89. The topological polar surface area (TPSA) is 23.8 Å². The van der Waals surface area contributed by atoms with Gasteiger partial charge in [0, 0.05) is 11.6 Å². The van der Waals surface area contributed by atoms with Crippen LogP contribution >= 0.6 is 11.6 Å². The number of nitrogens with zero attached hydrogens (tertiary/aromatic N) is 1. The van der Waals surface area contributed by atoms with E-state index in [1.54, 1.807) is 24.3 Å². The van der Waals surface area contributed by atoms with Crippen LogP contribution in [0.25, 0.3) is 11.1 Å². The second-order valence-corrected chi connectivity index (χ2v) is 3.61. The van der Waals surface area contributed by atoms with Crippen molar-refractivity contribution in [3.8, 4) is 17.2 Å². The molecule has 0 aliphatic carbocycles. The molecule has 2 aromatic rings. The van der Waals surface area contributed by atoms with Gasteiger partial charge in [0.1, 0.15) is 11.9 Å². The zero-order valence-corrected chi connectivity index (χ0v) is 8.92. The Balaban J connectivity index is 2.60. The van der Waals surface area contributed by atoms with Crippen molar-refractivity contribution in [1.82, 2.24) is 0 Å². The van der Waals surface area contributed by atoms with E-state index >= 15 is 0 Å². The molecule has 0 unspecified atom stereocenters. The lowest BCUT2D eigenvalue weighted by Crippen LogP contribution is -1.85. The molecule has 0 atom stereocenters. The number of hydrogen-bond donors (Lipinski definition) is 0. The van der Waals surface area contributed by atoms with Gasteiger partial charge in [-0.25, -0.2) is 4.39 Å². The molecule has 2 rings (SSSR count). The minimum absolute atomic E-state index is 0.0465. The Morgan fingerprint density at radius 2 is 2.12 bits per heavy atom. The average molecular weight is 231 g/mol. The van der Waals surface area contributed by atoms with Gasteiger partial charge in [0.05, 0.1) is 10.6 Å². The van der Waals surface area contributed by atoms with Gasteiger partial charge in [-0.15, -0.1) is 0 Å². The third kappa shape index (κ3) is 1.91. The van der Waals surface area contributed by atoms with Gasteiger partial charge in [0.15, 0.2) is 0 Å². The third-order valence-corrected chi connectivity index (χ3v) is 2.49. The SMILES string of the molecule is N#Cc1[c]cccc1-c1ccc(F)c(Cl)c1. The van der Waals surface area contributed by atoms with Gasteiger partial charge in [-0.3, -0.25) is 0 Å². The molecular weight excluding hydrogens is 225 g/mol. The number of halogens is 2. The zero-order chi connectivity index (χ0) is 11.5. The van der Waals surface area contributed by atoms with Gasteiger partial charge in [0.2, 0.25) is 0 Å². The smallest absolute Gasteiger partial charge is 0.141 e. The standard InChI is InChI=1S/C13H6ClFN/c14-12-7-9(5-6-13(12)15)11-4-2-1-3-10(11)8-16/h1-2,4-7H. The van der Waals surface area contributed by atoms with E-state index in [-0.39, 0.29) is 5.02 Å². The number of rotatable bonds is 1. The van der Waals surface area contributed by atoms with E-state index < -0.39 is 5.82 Å². The van der Waals surface area contributed by atoms with Gasteiger partial charge in [-0.2, -0.15) is 5.26 Å². The molecular formula is C13H6ClFN. The first-order valence-electron chi connectivity index (χ1n) is 4.58. The molecule has 0 bridgehead atoms. The Morgan fingerprint density at radius 3 is 2.81 bits per heavy atom. The van der Waals surface area contributed by atoms with E-state index in [1.807, 2.05) is 6.07 Å². The van der Waals surface area contributed by atoms with Crippen LogP contribution in [-0.4, -0.2) is 0 Å². The highest BCUT2D eigenvalue weighted by molar-refractivity contribution is 6.31. The fraction of sp³-hybridized carbons (Fsp3) is 0. The van der Waals surface area contributed by atoms with Crippen LogP contribution in [0, 0.1) is 23.2 Å². The van der Waals surface area contributed by atoms with Crippen LogP contribution in [0.5, 0.6) is 0 Å². The fourth-order valence-corrected chi connectivity index (χ4v) is 1.61. The Hall–Kier alpha value is -1.85. The lowest BCUT2D eigenvalue weighted by atomic mass is 10.0. The molecule has 0 aliphatic heterocycles. The van der Waals surface area contributed by atoms with Crippen LogP contribution in [-0.2, 0) is 0 Å². The van der Waals surface area contributed by atoms with Crippen LogP contribution in [0.4, 0.5) is 4.39 Å². The molecule has 16 heavy (non-hydrogen) atoms. The summed E-state index contributed by atoms with van der Waals surface area (Å²) < 4.78 is 13.0. The molecule has 0 aromatic heterocycles. The van der Waals surface area contributed by atoms with Gasteiger partial charge >= 0.3 is 0 Å². The van der Waals surface area contributed by atoms with Gasteiger partial charge in [0.25, 0.3) is 0 Å². The number of hydrogen-bond acceptors (Lipinski definition) is 1. The Bertz CT molecular complexity index is 572. The summed E-state index contributed by atoms with van der Waals surface area (Å²) in [6.45, 7) is 0. The van der Waals surface area contributed by atoms with E-state index in [1.165, 1.54) is 12.1 Å². The van der Waals surface area contributed by atoms with Crippen molar-refractivity contribution in [3.05, 3.63) is 58.9 Å². The van der Waals surface area contributed by atoms with E-state index in [0.717, 1.165) is 0 Å². The summed E-state index contributed by atoms with van der Waals surface area (Å²) in [4.78, 5) is 0. The third-order valence-electron chi connectivity index (χ3n) is 2.20. The molecule has 0 heterocycles. The Labute approximate surface area is 97.7 Å². The van der Waals surface area contributed by atoms with E-state index in [9.17, 15) is 4.39 Å². The number of nitriles is 1. The lowest BCUT2D eigenvalue weighted by molar-refractivity contribution is 0.628. The molecule has 0 amide bonds. The van der Waals surface area contributed by atoms with Gasteiger partial charge < -0.3 is 0 Å². The van der Waals surface area contributed by atoms with Crippen LogP contribution < -0.4 is 0 Å². The van der Waals surface area contributed by atoms with Crippen molar-refractivity contribution >= 4 is 11.6 Å². The average Bonchev–Trinajstić information content (AvgIpc) is 2.32. The quantitative estimate of drug-likeness (QED) is 0.731. The molecule has 77 valence electrons. The minimum atomic E-state index is -0.469. The van der Waals surface area contributed by atoms with Crippen LogP contribution in [0.3, 0.4) is 0 Å². The van der Waals surface area contributed by atoms with Crippen molar-refractivity contribution in [1.29, 1.82) is 5.26 Å². The van der Waals surface area contributed by atoms with Crippen molar-refractivity contribution in [2.45, 2.75) is 0 Å². The molecule has 0 aliphatic rings. The van der Waals surface area contributed by atoms with Gasteiger partial charge in [-0.1, -0.05) is 35.9 Å². The zero-order valence-electron chi connectivity index (χ0n) is 8.17. The summed E-state index contributed by atoms with van der Waals surface area (Å²) in [7, 11) is 0. The van der Waals surface area contributed by atoms with Crippen molar-refractivity contribution in [2.24, 2.45) is 0 Å². The van der Waals surface area contributed by atoms with E-state index in [4.69, 9.17) is 16.9 Å². The lowest BCUT2D eigenvalue weighted by Gasteiger charge is -2.04. The second kappa shape index (κ2) is 4.34. The summed E-state index contributed by atoms with van der Waals surface area (Å²) >= 11 is 5.69.